The topological polar surface area (TPSA) is 20.2 Å². The van der Waals surface area contributed by atoms with Gasteiger partial charge in [0.2, 0.25) is 0 Å². The summed E-state index contributed by atoms with van der Waals surface area (Å²) in [5, 5.41) is 9.54. The SMILES string of the molecule is CC(CCCO)C1CCCS1. The molecule has 2 heteroatoms. The van der Waals surface area contributed by atoms with Crippen molar-refractivity contribution in [3.63, 3.8) is 0 Å². The van der Waals surface area contributed by atoms with E-state index in [0.717, 1.165) is 17.6 Å². The van der Waals surface area contributed by atoms with E-state index in [1.54, 1.807) is 0 Å². The van der Waals surface area contributed by atoms with Gasteiger partial charge in [-0.25, -0.2) is 0 Å². The van der Waals surface area contributed by atoms with Crippen LogP contribution in [-0.4, -0.2) is 22.7 Å². The molecule has 0 aliphatic carbocycles. The van der Waals surface area contributed by atoms with Gasteiger partial charge in [0.05, 0.1) is 0 Å². The van der Waals surface area contributed by atoms with E-state index in [1.165, 1.54) is 25.0 Å². The summed E-state index contributed by atoms with van der Waals surface area (Å²) in [7, 11) is 0. The van der Waals surface area contributed by atoms with Gasteiger partial charge in [-0.15, -0.1) is 0 Å². The van der Waals surface area contributed by atoms with Crippen molar-refractivity contribution >= 4 is 11.8 Å². The Morgan fingerprint density at radius 2 is 2.45 bits per heavy atom. The third-order valence-electron chi connectivity index (χ3n) is 2.42. The number of aliphatic hydroxyl groups excluding tert-OH is 1. The molecule has 0 aromatic rings. The van der Waals surface area contributed by atoms with Gasteiger partial charge in [0.25, 0.3) is 0 Å². The lowest BCUT2D eigenvalue weighted by atomic mass is 9.99. The molecule has 0 bridgehead atoms. The molecule has 1 heterocycles. The third kappa shape index (κ3) is 3.04. The maximum atomic E-state index is 8.65. The Balaban J connectivity index is 2.12. The Morgan fingerprint density at radius 3 is 3.00 bits per heavy atom. The van der Waals surface area contributed by atoms with Crippen molar-refractivity contribution in [2.75, 3.05) is 12.4 Å². The molecule has 0 saturated carbocycles. The molecular formula is C9H18OS. The summed E-state index contributed by atoms with van der Waals surface area (Å²) in [6, 6.07) is 0. The first-order valence-corrected chi connectivity index (χ1v) is 5.62. The maximum Gasteiger partial charge on any atom is 0.0431 e. The van der Waals surface area contributed by atoms with Crippen LogP contribution in [-0.2, 0) is 0 Å². The summed E-state index contributed by atoms with van der Waals surface area (Å²) in [6.45, 7) is 2.68. The zero-order valence-corrected chi connectivity index (χ0v) is 8.07. The van der Waals surface area contributed by atoms with E-state index in [1.807, 2.05) is 0 Å². The molecule has 1 saturated heterocycles. The lowest BCUT2D eigenvalue weighted by Crippen LogP contribution is -2.10. The van der Waals surface area contributed by atoms with Gasteiger partial charge >= 0.3 is 0 Å². The highest BCUT2D eigenvalue weighted by Gasteiger charge is 2.21. The molecule has 2 atom stereocenters. The van der Waals surface area contributed by atoms with Gasteiger partial charge in [-0.2, -0.15) is 11.8 Å². The zero-order chi connectivity index (χ0) is 8.10. The molecule has 0 radical (unpaired) electrons. The van der Waals surface area contributed by atoms with Crippen LogP contribution in [0, 0.1) is 5.92 Å². The number of hydrogen-bond donors (Lipinski definition) is 1. The fourth-order valence-electron chi connectivity index (χ4n) is 1.65. The highest BCUT2D eigenvalue weighted by Crippen LogP contribution is 2.33. The fraction of sp³-hybridized carbons (Fsp3) is 1.00. The second-order valence-electron chi connectivity index (χ2n) is 3.39. The maximum absolute atomic E-state index is 8.65. The summed E-state index contributed by atoms with van der Waals surface area (Å²) in [4.78, 5) is 0. The normalized spacial score (nSPS) is 27.3. The molecule has 1 nitrogen and oxygen atoms in total. The van der Waals surface area contributed by atoms with Crippen molar-refractivity contribution in [1.29, 1.82) is 0 Å². The van der Waals surface area contributed by atoms with E-state index in [-0.39, 0.29) is 0 Å². The van der Waals surface area contributed by atoms with Crippen LogP contribution < -0.4 is 0 Å². The molecule has 0 amide bonds. The van der Waals surface area contributed by atoms with Crippen LogP contribution in [0.3, 0.4) is 0 Å². The molecule has 66 valence electrons. The van der Waals surface area contributed by atoms with Crippen molar-refractivity contribution in [3.8, 4) is 0 Å². The van der Waals surface area contributed by atoms with Crippen LogP contribution in [0.2, 0.25) is 0 Å². The number of hydrogen-bond acceptors (Lipinski definition) is 2. The first-order valence-electron chi connectivity index (χ1n) is 4.57. The first-order chi connectivity index (χ1) is 5.34. The molecular weight excluding hydrogens is 156 g/mol. The highest BCUT2D eigenvalue weighted by atomic mass is 32.2. The van der Waals surface area contributed by atoms with Crippen LogP contribution >= 0.6 is 11.8 Å². The van der Waals surface area contributed by atoms with E-state index >= 15 is 0 Å². The lowest BCUT2D eigenvalue weighted by molar-refractivity contribution is 0.272. The standard InChI is InChI=1S/C9H18OS/c1-8(4-2-6-10)9-5-3-7-11-9/h8-10H,2-7H2,1H3. The fourth-order valence-corrected chi connectivity index (χ4v) is 3.08. The molecule has 0 aromatic heterocycles. The van der Waals surface area contributed by atoms with Crippen LogP contribution in [0.25, 0.3) is 0 Å². The van der Waals surface area contributed by atoms with Gasteiger partial charge in [0, 0.05) is 11.9 Å². The molecule has 0 aromatic carbocycles. The summed E-state index contributed by atoms with van der Waals surface area (Å²) >= 11 is 2.12. The van der Waals surface area contributed by atoms with Crippen LogP contribution in [0.4, 0.5) is 0 Å². The van der Waals surface area contributed by atoms with Gasteiger partial charge < -0.3 is 5.11 Å². The van der Waals surface area contributed by atoms with E-state index < -0.39 is 0 Å². The Morgan fingerprint density at radius 1 is 1.64 bits per heavy atom. The van der Waals surface area contributed by atoms with E-state index in [0.29, 0.717) is 6.61 Å². The second kappa shape index (κ2) is 5.04. The van der Waals surface area contributed by atoms with Gasteiger partial charge in [-0.3, -0.25) is 0 Å². The van der Waals surface area contributed by atoms with E-state index in [2.05, 4.69) is 18.7 Å². The third-order valence-corrected chi connectivity index (χ3v) is 4.07. The van der Waals surface area contributed by atoms with Crippen LogP contribution in [0.1, 0.15) is 32.6 Å². The van der Waals surface area contributed by atoms with Crippen molar-refractivity contribution in [2.24, 2.45) is 5.92 Å². The van der Waals surface area contributed by atoms with Crippen molar-refractivity contribution < 1.29 is 5.11 Å². The molecule has 1 N–H and O–H groups in total. The largest absolute Gasteiger partial charge is 0.396 e. The van der Waals surface area contributed by atoms with Crippen molar-refractivity contribution in [2.45, 2.75) is 37.9 Å². The molecule has 1 fully saturated rings. The monoisotopic (exact) mass is 174 g/mol. The lowest BCUT2D eigenvalue weighted by Gasteiger charge is -2.16. The Bertz CT molecular complexity index is 99.7. The average molecular weight is 174 g/mol. The molecule has 11 heavy (non-hydrogen) atoms. The first kappa shape index (κ1) is 9.40. The molecule has 1 aliphatic heterocycles. The molecule has 0 spiro atoms. The summed E-state index contributed by atoms with van der Waals surface area (Å²) in [5.41, 5.74) is 0. The minimum Gasteiger partial charge on any atom is -0.396 e. The van der Waals surface area contributed by atoms with Gasteiger partial charge in [-0.1, -0.05) is 6.92 Å². The van der Waals surface area contributed by atoms with E-state index in [9.17, 15) is 0 Å². The quantitative estimate of drug-likeness (QED) is 0.705. The highest BCUT2D eigenvalue weighted by molar-refractivity contribution is 8.00. The number of rotatable bonds is 4. The zero-order valence-electron chi connectivity index (χ0n) is 7.25. The average Bonchev–Trinajstić information content (AvgIpc) is 2.52. The second-order valence-corrected chi connectivity index (χ2v) is 4.74. The van der Waals surface area contributed by atoms with Gasteiger partial charge in [-0.05, 0) is 37.4 Å². The summed E-state index contributed by atoms with van der Waals surface area (Å²) in [6.07, 6.45) is 4.99. The Kier molecular flexibility index (Phi) is 4.31. The minimum absolute atomic E-state index is 0.363. The van der Waals surface area contributed by atoms with E-state index in [4.69, 9.17) is 5.11 Å². The molecule has 1 rings (SSSR count). The number of aliphatic hydroxyl groups is 1. The van der Waals surface area contributed by atoms with Crippen molar-refractivity contribution in [3.05, 3.63) is 0 Å². The predicted octanol–water partition coefficient (Wildman–Crippen LogP) is 2.29. The van der Waals surface area contributed by atoms with Crippen molar-refractivity contribution in [1.82, 2.24) is 0 Å². The smallest absolute Gasteiger partial charge is 0.0431 e. The Labute approximate surface area is 73.6 Å². The molecule has 2 unspecified atom stereocenters. The van der Waals surface area contributed by atoms with Gasteiger partial charge in [0.1, 0.15) is 0 Å². The Hall–Kier alpha value is 0.310. The van der Waals surface area contributed by atoms with Crippen LogP contribution in [0.5, 0.6) is 0 Å². The summed E-state index contributed by atoms with van der Waals surface area (Å²) in [5.74, 6) is 2.17. The number of thioether (sulfide) groups is 1. The predicted molar refractivity (Wildman–Crippen MR) is 51.0 cm³/mol. The molecule has 1 aliphatic rings. The minimum atomic E-state index is 0.363. The van der Waals surface area contributed by atoms with Gasteiger partial charge in [0.15, 0.2) is 0 Å². The van der Waals surface area contributed by atoms with Crippen LogP contribution in [0.15, 0.2) is 0 Å². The summed E-state index contributed by atoms with van der Waals surface area (Å²) < 4.78 is 0.